The summed E-state index contributed by atoms with van der Waals surface area (Å²) < 4.78 is 0. The number of carbonyl (C=O) groups is 1. The molecule has 2 aromatic rings. The Hall–Kier alpha value is -2.60. The molecule has 1 aromatic heterocycles. The lowest BCUT2D eigenvalue weighted by molar-refractivity contribution is 0.102. The molecule has 1 amide bonds. The smallest absolute Gasteiger partial charge is 0.258 e. The largest absolute Gasteiger partial charge is 0.398 e. The van der Waals surface area contributed by atoms with Crippen molar-refractivity contribution in [2.24, 2.45) is 0 Å². The SMILES string of the molecule is CN(C)C1CCN(c2ccc(NC(=O)c3ccccc3N)nc2)CC1. The third kappa shape index (κ3) is 4.09. The van der Waals surface area contributed by atoms with Crippen LogP contribution in [0.15, 0.2) is 42.6 Å². The standard InChI is InChI=1S/C19H25N5O/c1-23(2)14-9-11-24(12-10-14)15-7-8-18(21-13-15)22-19(25)16-5-3-4-6-17(16)20/h3-8,13-14H,9-12,20H2,1-2H3,(H,21,22,25). The van der Waals surface area contributed by atoms with Gasteiger partial charge in [0.1, 0.15) is 5.82 Å². The lowest BCUT2D eigenvalue weighted by atomic mass is 10.0. The van der Waals surface area contributed by atoms with E-state index in [4.69, 9.17) is 5.73 Å². The van der Waals surface area contributed by atoms with E-state index >= 15 is 0 Å². The predicted molar refractivity (Wildman–Crippen MR) is 102 cm³/mol. The van der Waals surface area contributed by atoms with Gasteiger partial charge in [-0.15, -0.1) is 0 Å². The third-order valence-corrected chi connectivity index (χ3v) is 4.75. The maximum absolute atomic E-state index is 12.3. The number of pyridine rings is 1. The highest BCUT2D eigenvalue weighted by Gasteiger charge is 2.21. The fourth-order valence-electron chi connectivity index (χ4n) is 3.17. The van der Waals surface area contributed by atoms with Crippen molar-refractivity contribution < 1.29 is 4.79 Å². The van der Waals surface area contributed by atoms with Crippen LogP contribution in [0.25, 0.3) is 0 Å². The normalized spacial score (nSPS) is 15.4. The second kappa shape index (κ2) is 7.53. The number of nitrogens with two attached hydrogens (primary N) is 1. The van der Waals surface area contributed by atoms with E-state index in [2.05, 4.69) is 34.2 Å². The van der Waals surface area contributed by atoms with Crippen molar-refractivity contribution >= 4 is 23.1 Å². The zero-order valence-corrected chi connectivity index (χ0v) is 14.8. The summed E-state index contributed by atoms with van der Waals surface area (Å²) in [5.41, 5.74) is 7.85. The van der Waals surface area contributed by atoms with E-state index in [1.54, 1.807) is 24.3 Å². The summed E-state index contributed by atoms with van der Waals surface area (Å²) in [4.78, 5) is 21.3. The number of rotatable bonds is 4. The molecule has 1 aliphatic heterocycles. The summed E-state index contributed by atoms with van der Waals surface area (Å²) in [6, 6.07) is 11.5. The fraction of sp³-hybridized carbons (Fsp3) is 0.368. The zero-order valence-electron chi connectivity index (χ0n) is 14.8. The third-order valence-electron chi connectivity index (χ3n) is 4.75. The van der Waals surface area contributed by atoms with Gasteiger partial charge in [0.25, 0.3) is 5.91 Å². The summed E-state index contributed by atoms with van der Waals surface area (Å²) >= 11 is 0. The van der Waals surface area contributed by atoms with E-state index in [0.717, 1.165) is 31.6 Å². The van der Waals surface area contributed by atoms with Crippen LogP contribution in [0.3, 0.4) is 0 Å². The zero-order chi connectivity index (χ0) is 17.8. The lowest BCUT2D eigenvalue weighted by Crippen LogP contribution is -2.42. The number of nitrogens with one attached hydrogen (secondary N) is 1. The van der Waals surface area contributed by atoms with Crippen LogP contribution in [0.2, 0.25) is 0 Å². The molecule has 3 N–H and O–H groups in total. The minimum atomic E-state index is -0.245. The molecule has 0 bridgehead atoms. The summed E-state index contributed by atoms with van der Waals surface area (Å²) in [5, 5.41) is 2.80. The van der Waals surface area contributed by atoms with Crippen molar-refractivity contribution in [1.82, 2.24) is 9.88 Å². The number of nitrogens with zero attached hydrogens (tertiary/aromatic N) is 3. The Balaban J connectivity index is 1.61. The molecule has 1 saturated heterocycles. The van der Waals surface area contributed by atoms with E-state index in [-0.39, 0.29) is 5.91 Å². The van der Waals surface area contributed by atoms with Crippen molar-refractivity contribution in [3.05, 3.63) is 48.2 Å². The Bertz CT molecular complexity index is 721. The molecule has 0 atom stereocenters. The van der Waals surface area contributed by atoms with Crippen LogP contribution in [0.5, 0.6) is 0 Å². The van der Waals surface area contributed by atoms with Crippen molar-refractivity contribution in [2.75, 3.05) is 43.1 Å². The van der Waals surface area contributed by atoms with Crippen molar-refractivity contribution in [2.45, 2.75) is 18.9 Å². The second-order valence-corrected chi connectivity index (χ2v) is 6.62. The van der Waals surface area contributed by atoms with Crippen molar-refractivity contribution in [3.63, 3.8) is 0 Å². The van der Waals surface area contributed by atoms with Gasteiger partial charge in [-0.05, 0) is 51.2 Å². The Morgan fingerprint density at radius 2 is 1.92 bits per heavy atom. The van der Waals surface area contributed by atoms with E-state index in [0.29, 0.717) is 23.1 Å². The number of anilines is 3. The molecule has 6 heteroatoms. The van der Waals surface area contributed by atoms with Gasteiger partial charge in [-0.1, -0.05) is 12.1 Å². The average molecular weight is 339 g/mol. The summed E-state index contributed by atoms with van der Waals surface area (Å²) in [7, 11) is 4.28. The van der Waals surface area contributed by atoms with Crippen LogP contribution >= 0.6 is 0 Å². The minimum Gasteiger partial charge on any atom is -0.398 e. The van der Waals surface area contributed by atoms with Crippen molar-refractivity contribution in [3.8, 4) is 0 Å². The van der Waals surface area contributed by atoms with Crippen LogP contribution in [0, 0.1) is 0 Å². The molecular formula is C19H25N5O. The molecule has 25 heavy (non-hydrogen) atoms. The number of aromatic nitrogens is 1. The Morgan fingerprint density at radius 3 is 2.52 bits per heavy atom. The van der Waals surface area contributed by atoms with Crippen LogP contribution < -0.4 is 16.0 Å². The van der Waals surface area contributed by atoms with Gasteiger partial charge in [-0.25, -0.2) is 4.98 Å². The number of benzene rings is 1. The van der Waals surface area contributed by atoms with E-state index in [9.17, 15) is 4.79 Å². The van der Waals surface area contributed by atoms with Gasteiger partial charge in [0.2, 0.25) is 0 Å². The Morgan fingerprint density at radius 1 is 1.20 bits per heavy atom. The average Bonchev–Trinajstić information content (AvgIpc) is 2.63. The van der Waals surface area contributed by atoms with E-state index in [1.807, 2.05) is 18.3 Å². The van der Waals surface area contributed by atoms with Crippen LogP contribution in [-0.2, 0) is 0 Å². The maximum Gasteiger partial charge on any atom is 0.258 e. The quantitative estimate of drug-likeness (QED) is 0.837. The lowest BCUT2D eigenvalue weighted by Gasteiger charge is -2.36. The molecule has 0 unspecified atom stereocenters. The maximum atomic E-state index is 12.3. The molecule has 3 rings (SSSR count). The number of amides is 1. The first kappa shape index (κ1) is 17.2. The molecule has 1 fully saturated rings. The van der Waals surface area contributed by atoms with Gasteiger partial charge in [-0.3, -0.25) is 4.79 Å². The van der Waals surface area contributed by atoms with E-state index < -0.39 is 0 Å². The summed E-state index contributed by atoms with van der Waals surface area (Å²) in [6.45, 7) is 2.05. The monoisotopic (exact) mass is 339 g/mol. The second-order valence-electron chi connectivity index (χ2n) is 6.62. The first-order valence-corrected chi connectivity index (χ1v) is 8.58. The number of hydrogen-bond donors (Lipinski definition) is 2. The molecule has 0 spiro atoms. The predicted octanol–water partition coefficient (Wildman–Crippen LogP) is 2.45. The number of piperidine rings is 1. The molecule has 6 nitrogen and oxygen atoms in total. The van der Waals surface area contributed by atoms with Gasteiger partial charge in [0.15, 0.2) is 0 Å². The van der Waals surface area contributed by atoms with Crippen LogP contribution in [-0.4, -0.2) is 49.0 Å². The number of nitrogen functional groups attached to an aromatic ring is 1. The first-order chi connectivity index (χ1) is 12.0. The van der Waals surface area contributed by atoms with Crippen molar-refractivity contribution in [1.29, 1.82) is 0 Å². The first-order valence-electron chi connectivity index (χ1n) is 8.58. The molecule has 0 aliphatic carbocycles. The van der Waals surface area contributed by atoms with E-state index in [1.165, 1.54) is 0 Å². The Kier molecular flexibility index (Phi) is 5.19. The van der Waals surface area contributed by atoms with Crippen LogP contribution in [0.4, 0.5) is 17.2 Å². The number of hydrogen-bond acceptors (Lipinski definition) is 5. The molecule has 0 saturated carbocycles. The highest BCUT2D eigenvalue weighted by Crippen LogP contribution is 2.22. The molecular weight excluding hydrogens is 314 g/mol. The number of carbonyl (C=O) groups excluding carboxylic acids is 1. The van der Waals surface area contributed by atoms with Crippen LogP contribution in [0.1, 0.15) is 23.2 Å². The van der Waals surface area contributed by atoms with Gasteiger partial charge < -0.3 is 20.9 Å². The van der Waals surface area contributed by atoms with Gasteiger partial charge >= 0.3 is 0 Å². The van der Waals surface area contributed by atoms with Gasteiger partial charge in [0, 0.05) is 24.8 Å². The molecule has 1 aromatic carbocycles. The summed E-state index contributed by atoms with van der Waals surface area (Å²) in [6.07, 6.45) is 4.12. The number of para-hydroxylation sites is 1. The van der Waals surface area contributed by atoms with Gasteiger partial charge in [-0.2, -0.15) is 0 Å². The topological polar surface area (TPSA) is 74.5 Å². The molecule has 132 valence electrons. The highest BCUT2D eigenvalue weighted by atomic mass is 16.1. The highest BCUT2D eigenvalue weighted by molar-refractivity contribution is 6.07. The summed E-state index contributed by atoms with van der Waals surface area (Å²) in [5.74, 6) is 0.283. The molecule has 0 radical (unpaired) electrons. The fourth-order valence-corrected chi connectivity index (χ4v) is 3.17. The van der Waals surface area contributed by atoms with Gasteiger partial charge in [0.05, 0.1) is 17.4 Å². The molecule has 1 aliphatic rings. The molecule has 2 heterocycles. The minimum absolute atomic E-state index is 0.245. The Labute approximate surface area is 148 Å².